The summed E-state index contributed by atoms with van der Waals surface area (Å²) in [6.07, 6.45) is 4.41. The highest BCUT2D eigenvalue weighted by Crippen LogP contribution is 2.29. The van der Waals surface area contributed by atoms with Crippen LogP contribution in [0.3, 0.4) is 0 Å². The molecule has 2 heterocycles. The lowest BCUT2D eigenvalue weighted by Crippen LogP contribution is -2.37. The molecule has 0 aliphatic carbocycles. The predicted octanol–water partition coefficient (Wildman–Crippen LogP) is 2.69. The van der Waals surface area contributed by atoms with Crippen LogP contribution in [0, 0.1) is 3.57 Å². The molecular formula is C17H25IN4O. The summed E-state index contributed by atoms with van der Waals surface area (Å²) >= 11 is 2.37. The molecule has 23 heavy (non-hydrogen) atoms. The Morgan fingerprint density at radius 1 is 1.39 bits per heavy atom. The molecule has 1 fully saturated rings. The second kappa shape index (κ2) is 7.92. The second-order valence-electron chi connectivity index (χ2n) is 6.12. The molecule has 126 valence electrons. The van der Waals surface area contributed by atoms with Crippen molar-refractivity contribution in [3.63, 3.8) is 0 Å². The number of aromatic nitrogens is 2. The summed E-state index contributed by atoms with van der Waals surface area (Å²) in [7, 11) is 4.00. The normalized spacial score (nSPS) is 20.0. The first-order chi connectivity index (χ1) is 11.2. The first-order valence-corrected chi connectivity index (χ1v) is 9.41. The Hall–Kier alpha value is -0.700. The third-order valence-corrected chi connectivity index (χ3v) is 5.14. The lowest BCUT2D eigenvalue weighted by Gasteiger charge is -2.23. The van der Waals surface area contributed by atoms with Gasteiger partial charge in [0.05, 0.1) is 11.2 Å². The highest BCUT2D eigenvalue weighted by atomic mass is 127. The van der Waals surface area contributed by atoms with Gasteiger partial charge in [0.1, 0.15) is 0 Å². The Labute approximate surface area is 151 Å². The second-order valence-corrected chi connectivity index (χ2v) is 7.37. The highest BCUT2D eigenvalue weighted by molar-refractivity contribution is 14.1. The maximum absolute atomic E-state index is 5.97. The van der Waals surface area contributed by atoms with Crippen LogP contribution in [0.15, 0.2) is 18.2 Å². The van der Waals surface area contributed by atoms with Crippen LogP contribution >= 0.6 is 22.6 Å². The average Bonchev–Trinajstić information content (AvgIpc) is 2.93. The van der Waals surface area contributed by atoms with Gasteiger partial charge < -0.3 is 15.4 Å². The van der Waals surface area contributed by atoms with Crippen molar-refractivity contribution in [2.24, 2.45) is 0 Å². The molecule has 6 heteroatoms. The minimum Gasteiger partial charge on any atom is -0.356 e. The number of ether oxygens (including phenoxy) is 1. The van der Waals surface area contributed by atoms with Crippen LogP contribution in [0.4, 0.5) is 0 Å². The van der Waals surface area contributed by atoms with Gasteiger partial charge in [-0.2, -0.15) is 5.10 Å². The van der Waals surface area contributed by atoms with Crippen LogP contribution < -0.4 is 10.6 Å². The number of rotatable bonds is 6. The predicted molar refractivity (Wildman–Crippen MR) is 102 cm³/mol. The van der Waals surface area contributed by atoms with Gasteiger partial charge in [0.25, 0.3) is 0 Å². The third-order valence-electron chi connectivity index (χ3n) is 4.47. The van der Waals surface area contributed by atoms with E-state index in [9.17, 15) is 0 Å². The van der Waals surface area contributed by atoms with E-state index in [1.54, 1.807) is 0 Å². The van der Waals surface area contributed by atoms with E-state index in [1.165, 1.54) is 20.9 Å². The molecule has 2 unspecified atom stereocenters. The Morgan fingerprint density at radius 2 is 2.26 bits per heavy atom. The van der Waals surface area contributed by atoms with Crippen molar-refractivity contribution in [3.8, 4) is 0 Å². The fourth-order valence-electron chi connectivity index (χ4n) is 3.22. The zero-order valence-corrected chi connectivity index (χ0v) is 16.0. The van der Waals surface area contributed by atoms with E-state index in [4.69, 9.17) is 9.84 Å². The van der Waals surface area contributed by atoms with Gasteiger partial charge in [-0.25, -0.2) is 4.68 Å². The molecule has 1 aromatic carbocycles. The Kier molecular flexibility index (Phi) is 5.90. The molecule has 0 saturated carbocycles. The number of halogens is 1. The lowest BCUT2D eigenvalue weighted by atomic mass is 10.1. The third kappa shape index (κ3) is 3.87. The summed E-state index contributed by atoms with van der Waals surface area (Å²) in [5.74, 6) is 0. The SMILES string of the molecule is CNCC(Cc1nn(C2CCCCO2)c2ccc(I)cc12)NC. The number of hydrogen-bond acceptors (Lipinski definition) is 4. The van der Waals surface area contributed by atoms with Crippen LogP contribution in [0.2, 0.25) is 0 Å². The maximum Gasteiger partial charge on any atom is 0.150 e. The van der Waals surface area contributed by atoms with Crippen LogP contribution in [0.25, 0.3) is 10.9 Å². The van der Waals surface area contributed by atoms with E-state index in [1.807, 2.05) is 14.1 Å². The monoisotopic (exact) mass is 428 g/mol. The number of nitrogens with zero attached hydrogens (tertiary/aromatic N) is 2. The van der Waals surface area contributed by atoms with Gasteiger partial charge in [0.2, 0.25) is 0 Å². The Balaban J connectivity index is 1.97. The molecule has 5 nitrogen and oxygen atoms in total. The summed E-state index contributed by atoms with van der Waals surface area (Å²) in [4.78, 5) is 0. The van der Waals surface area contributed by atoms with Crippen molar-refractivity contribution in [2.75, 3.05) is 27.2 Å². The van der Waals surface area contributed by atoms with E-state index in [0.29, 0.717) is 6.04 Å². The minimum absolute atomic E-state index is 0.0809. The zero-order chi connectivity index (χ0) is 16.2. The number of hydrogen-bond donors (Lipinski definition) is 2. The van der Waals surface area contributed by atoms with Gasteiger partial charge in [0.15, 0.2) is 6.23 Å². The fourth-order valence-corrected chi connectivity index (χ4v) is 3.71. The van der Waals surface area contributed by atoms with E-state index >= 15 is 0 Å². The topological polar surface area (TPSA) is 51.1 Å². The van der Waals surface area contributed by atoms with Crippen molar-refractivity contribution in [2.45, 2.75) is 38.0 Å². The maximum atomic E-state index is 5.97. The molecule has 1 aromatic heterocycles. The Morgan fingerprint density at radius 3 is 2.96 bits per heavy atom. The van der Waals surface area contributed by atoms with E-state index in [2.05, 4.69) is 56.1 Å². The lowest BCUT2D eigenvalue weighted by molar-refractivity contribution is -0.0369. The quantitative estimate of drug-likeness (QED) is 0.695. The van der Waals surface area contributed by atoms with Crippen molar-refractivity contribution in [1.29, 1.82) is 0 Å². The molecule has 2 N–H and O–H groups in total. The summed E-state index contributed by atoms with van der Waals surface area (Å²) in [5.41, 5.74) is 2.34. The van der Waals surface area contributed by atoms with Gasteiger partial charge in [0, 0.05) is 34.6 Å². The molecule has 2 atom stereocenters. The first kappa shape index (κ1) is 17.1. The molecular weight excluding hydrogens is 403 g/mol. The van der Waals surface area contributed by atoms with Crippen molar-refractivity contribution < 1.29 is 4.74 Å². The zero-order valence-electron chi connectivity index (χ0n) is 13.8. The number of likely N-dealkylation sites (N-methyl/N-ethyl adjacent to an activating group) is 2. The largest absolute Gasteiger partial charge is 0.356 e. The summed E-state index contributed by atoms with van der Waals surface area (Å²) < 4.78 is 9.31. The van der Waals surface area contributed by atoms with Gasteiger partial charge in [-0.15, -0.1) is 0 Å². The van der Waals surface area contributed by atoms with Gasteiger partial charge in [-0.05, 0) is 74.1 Å². The highest BCUT2D eigenvalue weighted by Gasteiger charge is 2.22. The van der Waals surface area contributed by atoms with Gasteiger partial charge in [-0.3, -0.25) is 0 Å². The molecule has 2 aromatic rings. The Bertz CT molecular complexity index is 651. The molecule has 1 aliphatic heterocycles. The van der Waals surface area contributed by atoms with Crippen LogP contribution in [-0.4, -0.2) is 43.1 Å². The molecule has 0 amide bonds. The standard InChI is InChI=1S/C17H25IN4O/c1-19-11-13(20-2)10-15-14-9-12(18)6-7-16(14)22(21-15)17-5-3-4-8-23-17/h6-7,9,13,17,19-20H,3-5,8,10-11H2,1-2H3. The first-order valence-electron chi connectivity index (χ1n) is 8.33. The van der Waals surface area contributed by atoms with Crippen molar-refractivity contribution >= 4 is 33.5 Å². The molecule has 1 saturated heterocycles. The van der Waals surface area contributed by atoms with Crippen LogP contribution in [-0.2, 0) is 11.2 Å². The molecule has 3 rings (SSSR count). The average molecular weight is 428 g/mol. The number of benzene rings is 1. The molecule has 0 spiro atoms. The van der Waals surface area contributed by atoms with E-state index < -0.39 is 0 Å². The summed E-state index contributed by atoms with van der Waals surface area (Å²) in [5, 5.41) is 12.8. The fraction of sp³-hybridized carbons (Fsp3) is 0.588. The number of nitrogens with one attached hydrogen (secondary N) is 2. The molecule has 1 aliphatic rings. The van der Waals surface area contributed by atoms with Crippen LogP contribution in [0.1, 0.15) is 31.2 Å². The van der Waals surface area contributed by atoms with E-state index in [0.717, 1.165) is 38.1 Å². The summed E-state index contributed by atoms with van der Waals surface area (Å²) in [6, 6.07) is 6.94. The molecule has 0 bridgehead atoms. The number of fused-ring (bicyclic) bond motifs is 1. The summed E-state index contributed by atoms with van der Waals surface area (Å²) in [6.45, 7) is 1.76. The van der Waals surface area contributed by atoms with Crippen molar-refractivity contribution in [1.82, 2.24) is 20.4 Å². The van der Waals surface area contributed by atoms with Crippen LogP contribution in [0.5, 0.6) is 0 Å². The smallest absolute Gasteiger partial charge is 0.150 e. The van der Waals surface area contributed by atoms with E-state index in [-0.39, 0.29) is 6.23 Å². The van der Waals surface area contributed by atoms with Gasteiger partial charge >= 0.3 is 0 Å². The van der Waals surface area contributed by atoms with Crippen molar-refractivity contribution in [3.05, 3.63) is 27.5 Å². The van der Waals surface area contributed by atoms with Gasteiger partial charge in [-0.1, -0.05) is 0 Å². The minimum atomic E-state index is 0.0809. The molecule has 0 radical (unpaired) electrons.